The van der Waals surface area contributed by atoms with Gasteiger partial charge in [0, 0.05) is 18.1 Å². The van der Waals surface area contributed by atoms with Gasteiger partial charge in [0.15, 0.2) is 0 Å². The molecule has 1 aromatic rings. The number of carbonyl (C=O) groups excluding carboxylic acids is 1. The third-order valence-corrected chi connectivity index (χ3v) is 2.59. The van der Waals surface area contributed by atoms with Crippen molar-refractivity contribution in [1.29, 1.82) is 0 Å². The number of rotatable bonds is 9. The van der Waals surface area contributed by atoms with E-state index in [0.717, 1.165) is 6.08 Å². The highest BCUT2D eigenvalue weighted by Crippen LogP contribution is 2.25. The van der Waals surface area contributed by atoms with Crippen LogP contribution in [0.4, 0.5) is 0 Å². The van der Waals surface area contributed by atoms with Crippen molar-refractivity contribution in [3.05, 3.63) is 40.0 Å². The first kappa shape index (κ1) is 18.0. The molecule has 124 valence electrons. The Balaban J connectivity index is 2.57. The number of hydrogen-bond donors (Lipinski definition) is 2. The number of carboxylic acids is 1. The topological polar surface area (TPSA) is 136 Å². The number of phenolic OH excluding ortho intramolecular Hbond substituents is 1. The number of ether oxygens (including phenoxy) is 1. The summed E-state index contributed by atoms with van der Waals surface area (Å²) in [6.45, 7) is -0.105. The fraction of sp³-hybridized carbons (Fsp3) is 0.286. The van der Waals surface area contributed by atoms with Gasteiger partial charge in [-0.05, 0) is 37.1 Å². The van der Waals surface area contributed by atoms with Gasteiger partial charge in [0.05, 0.1) is 6.61 Å². The summed E-state index contributed by atoms with van der Waals surface area (Å²) in [4.78, 5) is 36.3. The molecule has 9 nitrogen and oxygen atoms in total. The first-order valence-corrected chi connectivity index (χ1v) is 6.60. The van der Waals surface area contributed by atoms with Crippen LogP contribution in [-0.4, -0.2) is 33.8 Å². The Morgan fingerprint density at radius 2 is 2.04 bits per heavy atom. The van der Waals surface area contributed by atoms with Gasteiger partial charge in [-0.3, -0.25) is 4.79 Å². The van der Waals surface area contributed by atoms with Crippen molar-refractivity contribution < 1.29 is 34.5 Å². The lowest BCUT2D eigenvalue weighted by molar-refractivity contribution is -0.757. The first-order chi connectivity index (χ1) is 10.9. The van der Waals surface area contributed by atoms with Crippen molar-refractivity contribution in [2.75, 3.05) is 6.61 Å². The molecule has 0 saturated heterocycles. The Morgan fingerprint density at radius 1 is 1.30 bits per heavy atom. The predicted molar refractivity (Wildman–Crippen MR) is 77.2 cm³/mol. The van der Waals surface area contributed by atoms with Crippen molar-refractivity contribution in [3.63, 3.8) is 0 Å². The normalized spacial score (nSPS) is 10.4. The number of benzene rings is 1. The Hall–Kier alpha value is -3.10. The monoisotopic (exact) mass is 325 g/mol. The Kier molecular flexibility index (Phi) is 7.05. The molecule has 23 heavy (non-hydrogen) atoms. The summed E-state index contributed by atoms with van der Waals surface area (Å²) in [6.07, 6.45) is 2.71. The number of aliphatic carboxylic acids is 1. The van der Waals surface area contributed by atoms with Gasteiger partial charge in [0.1, 0.15) is 11.5 Å². The van der Waals surface area contributed by atoms with Gasteiger partial charge in [0.2, 0.25) is 0 Å². The van der Waals surface area contributed by atoms with Crippen LogP contribution < -0.4 is 4.74 Å². The smallest absolute Gasteiger partial charge is 0.328 e. The van der Waals surface area contributed by atoms with E-state index in [-0.39, 0.29) is 30.1 Å². The van der Waals surface area contributed by atoms with Crippen molar-refractivity contribution >= 4 is 18.0 Å². The number of carboxylic acid groups (broad SMARTS) is 1. The van der Waals surface area contributed by atoms with Gasteiger partial charge in [-0.25, -0.2) is 4.79 Å². The van der Waals surface area contributed by atoms with Gasteiger partial charge in [-0.15, -0.1) is 10.1 Å². The van der Waals surface area contributed by atoms with Crippen LogP contribution in [0, 0.1) is 10.1 Å². The minimum atomic E-state index is -1.18. The maximum absolute atomic E-state index is 11.7. The summed E-state index contributed by atoms with van der Waals surface area (Å²) < 4.78 is 5.09. The Labute approximate surface area is 130 Å². The van der Waals surface area contributed by atoms with Crippen LogP contribution in [0.5, 0.6) is 11.5 Å². The van der Waals surface area contributed by atoms with Gasteiger partial charge in [-0.1, -0.05) is 0 Å². The lowest BCUT2D eigenvalue weighted by atomic mass is 10.1. The van der Waals surface area contributed by atoms with Crippen LogP contribution >= 0.6 is 0 Å². The van der Waals surface area contributed by atoms with Crippen LogP contribution in [-0.2, 0) is 14.4 Å². The number of phenols is 1. The fourth-order valence-electron chi connectivity index (χ4n) is 1.60. The lowest BCUT2D eigenvalue weighted by Gasteiger charge is -2.08. The summed E-state index contributed by atoms with van der Waals surface area (Å²) in [5.41, 5.74) is 0.234. The largest absolute Gasteiger partial charge is 0.508 e. The Morgan fingerprint density at radius 3 is 2.70 bits per heavy atom. The zero-order valence-corrected chi connectivity index (χ0v) is 12.0. The van der Waals surface area contributed by atoms with Crippen molar-refractivity contribution in [3.8, 4) is 11.5 Å². The van der Waals surface area contributed by atoms with E-state index in [1.807, 2.05) is 0 Å². The average molecular weight is 325 g/mol. The van der Waals surface area contributed by atoms with Gasteiger partial charge in [0.25, 0.3) is 5.09 Å². The summed E-state index contributed by atoms with van der Waals surface area (Å²) >= 11 is 0. The van der Waals surface area contributed by atoms with E-state index >= 15 is 0 Å². The van der Waals surface area contributed by atoms with Gasteiger partial charge in [-0.2, -0.15) is 0 Å². The van der Waals surface area contributed by atoms with E-state index < -0.39 is 17.0 Å². The minimum Gasteiger partial charge on any atom is -0.508 e. The van der Waals surface area contributed by atoms with Crippen LogP contribution in [0.25, 0.3) is 6.08 Å². The standard InChI is InChI=1S/C14H15NO8/c16-11-5-6-12(10(9-11)4-7-13(17)18)23-14(19)3-1-2-8-22-15(20)21/h4-7,9,16H,1-3,8H2,(H,17,18). The summed E-state index contributed by atoms with van der Waals surface area (Å²) in [7, 11) is 0. The maximum Gasteiger partial charge on any atom is 0.328 e. The Bertz CT molecular complexity index is 611. The van der Waals surface area contributed by atoms with Gasteiger partial charge < -0.3 is 19.8 Å². The van der Waals surface area contributed by atoms with Crippen molar-refractivity contribution in [2.24, 2.45) is 0 Å². The highest BCUT2D eigenvalue weighted by atomic mass is 16.9. The molecule has 2 N–H and O–H groups in total. The average Bonchev–Trinajstić information content (AvgIpc) is 2.46. The highest BCUT2D eigenvalue weighted by molar-refractivity contribution is 5.86. The number of hydrogen-bond acceptors (Lipinski definition) is 7. The second-order valence-corrected chi connectivity index (χ2v) is 4.38. The van der Waals surface area contributed by atoms with E-state index in [4.69, 9.17) is 9.84 Å². The molecule has 0 amide bonds. The van der Waals surface area contributed by atoms with E-state index in [1.165, 1.54) is 24.3 Å². The number of esters is 1. The third-order valence-electron chi connectivity index (χ3n) is 2.59. The summed E-state index contributed by atoms with van der Waals surface area (Å²) in [6, 6.07) is 3.89. The quantitative estimate of drug-likeness (QED) is 0.175. The molecule has 0 fully saturated rings. The molecule has 0 atom stereocenters. The summed E-state index contributed by atoms with van der Waals surface area (Å²) in [5, 5.41) is 27.0. The number of unbranched alkanes of at least 4 members (excludes halogenated alkanes) is 1. The number of nitrogens with zero attached hydrogens (tertiary/aromatic N) is 1. The van der Waals surface area contributed by atoms with Crippen molar-refractivity contribution in [2.45, 2.75) is 19.3 Å². The fourth-order valence-corrected chi connectivity index (χ4v) is 1.60. The molecular weight excluding hydrogens is 310 g/mol. The lowest BCUT2D eigenvalue weighted by Crippen LogP contribution is -2.09. The molecule has 0 aromatic heterocycles. The number of carbonyl (C=O) groups is 2. The van der Waals surface area contributed by atoms with E-state index in [2.05, 4.69) is 4.84 Å². The predicted octanol–water partition coefficient (Wildman–Crippen LogP) is 1.77. The van der Waals surface area contributed by atoms with Gasteiger partial charge >= 0.3 is 11.9 Å². The maximum atomic E-state index is 11.7. The molecular formula is C14H15NO8. The number of aromatic hydroxyl groups is 1. The molecule has 0 saturated carbocycles. The highest BCUT2D eigenvalue weighted by Gasteiger charge is 2.09. The molecule has 1 aromatic carbocycles. The zero-order valence-electron chi connectivity index (χ0n) is 12.0. The molecule has 0 aliphatic rings. The van der Waals surface area contributed by atoms with Crippen LogP contribution in [0.1, 0.15) is 24.8 Å². The van der Waals surface area contributed by atoms with Crippen LogP contribution in [0.3, 0.4) is 0 Å². The molecule has 0 spiro atoms. The second-order valence-electron chi connectivity index (χ2n) is 4.38. The molecule has 0 heterocycles. The minimum absolute atomic E-state index is 0.0179. The van der Waals surface area contributed by atoms with Crippen LogP contribution in [0.2, 0.25) is 0 Å². The van der Waals surface area contributed by atoms with E-state index in [0.29, 0.717) is 12.8 Å². The second kappa shape index (κ2) is 9.03. The molecule has 0 bridgehead atoms. The molecule has 0 aliphatic heterocycles. The molecule has 1 rings (SSSR count). The summed E-state index contributed by atoms with van der Waals surface area (Å²) in [5.74, 6) is -1.77. The molecule has 0 aliphatic carbocycles. The van der Waals surface area contributed by atoms with Crippen molar-refractivity contribution in [1.82, 2.24) is 0 Å². The first-order valence-electron chi connectivity index (χ1n) is 6.60. The molecule has 0 radical (unpaired) electrons. The van der Waals surface area contributed by atoms with E-state index in [1.54, 1.807) is 0 Å². The molecule has 9 heteroatoms. The zero-order chi connectivity index (χ0) is 17.2. The molecule has 0 unspecified atom stereocenters. The third kappa shape index (κ3) is 7.46. The SMILES string of the molecule is O=C(O)C=Cc1cc(O)ccc1OC(=O)CCCCO[N+](=O)[O-]. The van der Waals surface area contributed by atoms with E-state index in [9.17, 15) is 24.8 Å². The van der Waals surface area contributed by atoms with Crippen LogP contribution in [0.15, 0.2) is 24.3 Å².